The van der Waals surface area contributed by atoms with Crippen molar-refractivity contribution < 1.29 is 19.5 Å². The molecule has 2 N–H and O–H groups in total. The molecule has 2 aliphatic rings. The van der Waals surface area contributed by atoms with Gasteiger partial charge in [0.25, 0.3) is 5.91 Å². The summed E-state index contributed by atoms with van der Waals surface area (Å²) >= 11 is 1.88. The van der Waals surface area contributed by atoms with Crippen molar-refractivity contribution in [3.05, 3.63) is 0 Å². The number of nitrogens with one attached hydrogen (secondary N) is 1. The van der Waals surface area contributed by atoms with Crippen LogP contribution in [0.5, 0.6) is 0 Å². The zero-order valence-electron chi connectivity index (χ0n) is 9.22. The lowest BCUT2D eigenvalue weighted by Crippen LogP contribution is -2.43. The standard InChI is InChI=1S/C10H14N2O4S/c13-9(11-6-1-3-17-4-2-6)8-5-7(10(14)15)12-16-8/h6,8H,1-5H2,(H,11,13)(H,14,15). The molecule has 1 unspecified atom stereocenters. The summed E-state index contributed by atoms with van der Waals surface area (Å²) in [6, 6.07) is 0.182. The Morgan fingerprint density at radius 3 is 2.71 bits per heavy atom. The monoisotopic (exact) mass is 258 g/mol. The van der Waals surface area contributed by atoms with Crippen LogP contribution in [0, 0.1) is 0 Å². The van der Waals surface area contributed by atoms with Gasteiger partial charge in [-0.25, -0.2) is 4.79 Å². The summed E-state index contributed by atoms with van der Waals surface area (Å²) in [6.07, 6.45) is 1.17. The molecule has 0 aromatic rings. The molecule has 7 heteroatoms. The zero-order chi connectivity index (χ0) is 12.3. The van der Waals surface area contributed by atoms with Crippen LogP contribution in [0.4, 0.5) is 0 Å². The number of hydrogen-bond acceptors (Lipinski definition) is 5. The molecule has 0 aromatic carbocycles. The number of thioether (sulfide) groups is 1. The molecule has 1 fully saturated rings. The van der Waals surface area contributed by atoms with Crippen LogP contribution in [0.3, 0.4) is 0 Å². The molecule has 94 valence electrons. The molecule has 0 saturated carbocycles. The van der Waals surface area contributed by atoms with E-state index in [1.54, 1.807) is 0 Å². The number of rotatable bonds is 3. The van der Waals surface area contributed by atoms with Gasteiger partial charge < -0.3 is 15.3 Å². The van der Waals surface area contributed by atoms with E-state index in [9.17, 15) is 9.59 Å². The second-order valence-corrected chi connectivity index (χ2v) is 5.26. The van der Waals surface area contributed by atoms with E-state index in [-0.39, 0.29) is 24.1 Å². The highest BCUT2D eigenvalue weighted by Gasteiger charge is 2.32. The number of carbonyl (C=O) groups excluding carboxylic acids is 1. The summed E-state index contributed by atoms with van der Waals surface area (Å²) in [5.74, 6) is 0.706. The van der Waals surface area contributed by atoms with Crippen molar-refractivity contribution in [2.75, 3.05) is 11.5 Å². The molecule has 6 nitrogen and oxygen atoms in total. The predicted octanol–water partition coefficient (Wildman–Crippen LogP) is 0.228. The van der Waals surface area contributed by atoms with Crippen molar-refractivity contribution in [1.82, 2.24) is 5.32 Å². The fourth-order valence-electron chi connectivity index (χ4n) is 1.78. The number of carboxylic acids is 1. The topological polar surface area (TPSA) is 88.0 Å². The molecule has 0 radical (unpaired) electrons. The van der Waals surface area contributed by atoms with Crippen LogP contribution in [0.25, 0.3) is 0 Å². The number of carbonyl (C=O) groups is 2. The minimum absolute atomic E-state index is 0.0443. The maximum atomic E-state index is 11.8. The van der Waals surface area contributed by atoms with E-state index in [0.717, 1.165) is 24.3 Å². The summed E-state index contributed by atoms with van der Waals surface area (Å²) < 4.78 is 0. The molecule has 2 heterocycles. The first kappa shape index (κ1) is 12.2. The Kier molecular flexibility index (Phi) is 3.88. The van der Waals surface area contributed by atoms with Gasteiger partial charge in [0.1, 0.15) is 0 Å². The molecule has 1 atom stereocenters. The van der Waals surface area contributed by atoms with Gasteiger partial charge >= 0.3 is 5.97 Å². The number of nitrogens with zero attached hydrogens (tertiary/aromatic N) is 1. The lowest BCUT2D eigenvalue weighted by atomic mass is 10.1. The van der Waals surface area contributed by atoms with Gasteiger partial charge in [-0.05, 0) is 24.3 Å². The first-order valence-corrected chi connectivity index (χ1v) is 6.66. The number of carboxylic acid groups (broad SMARTS) is 1. The minimum Gasteiger partial charge on any atom is -0.477 e. The SMILES string of the molecule is O=C(O)C1=NOC(C(=O)NC2CCSCC2)C1. The highest BCUT2D eigenvalue weighted by molar-refractivity contribution is 7.99. The zero-order valence-corrected chi connectivity index (χ0v) is 10.0. The smallest absolute Gasteiger partial charge is 0.353 e. The number of oxime groups is 1. The van der Waals surface area contributed by atoms with Crippen LogP contribution in [-0.4, -0.2) is 46.3 Å². The summed E-state index contributed by atoms with van der Waals surface area (Å²) in [5.41, 5.74) is -0.0932. The van der Waals surface area contributed by atoms with Crippen LogP contribution in [0.1, 0.15) is 19.3 Å². The Balaban J connectivity index is 1.80. The lowest BCUT2D eigenvalue weighted by Gasteiger charge is -2.23. The summed E-state index contributed by atoms with van der Waals surface area (Å²) in [7, 11) is 0. The average Bonchev–Trinajstić information content (AvgIpc) is 2.79. The molecule has 1 saturated heterocycles. The molecule has 2 aliphatic heterocycles. The minimum atomic E-state index is -1.13. The lowest BCUT2D eigenvalue weighted by molar-refractivity contribution is -0.132. The predicted molar refractivity (Wildman–Crippen MR) is 63.1 cm³/mol. The highest BCUT2D eigenvalue weighted by atomic mass is 32.2. The Morgan fingerprint density at radius 2 is 2.12 bits per heavy atom. The van der Waals surface area contributed by atoms with E-state index in [0.29, 0.717) is 0 Å². The van der Waals surface area contributed by atoms with Crippen LogP contribution in [-0.2, 0) is 14.4 Å². The van der Waals surface area contributed by atoms with E-state index in [2.05, 4.69) is 10.5 Å². The van der Waals surface area contributed by atoms with Crippen molar-refractivity contribution in [2.45, 2.75) is 31.4 Å². The summed E-state index contributed by atoms with van der Waals surface area (Å²) in [5, 5.41) is 14.9. The summed E-state index contributed by atoms with van der Waals surface area (Å²) in [4.78, 5) is 27.2. The van der Waals surface area contributed by atoms with E-state index < -0.39 is 12.1 Å². The second kappa shape index (κ2) is 5.39. The van der Waals surface area contributed by atoms with Crippen molar-refractivity contribution in [2.24, 2.45) is 5.16 Å². The van der Waals surface area contributed by atoms with Crippen molar-refractivity contribution >= 4 is 29.4 Å². The molecule has 17 heavy (non-hydrogen) atoms. The second-order valence-electron chi connectivity index (χ2n) is 4.04. The molecular formula is C10H14N2O4S. The first-order chi connectivity index (χ1) is 8.16. The third-order valence-electron chi connectivity index (χ3n) is 2.78. The molecule has 1 amide bonds. The van der Waals surface area contributed by atoms with Gasteiger partial charge in [-0.1, -0.05) is 5.16 Å². The first-order valence-electron chi connectivity index (χ1n) is 5.51. The summed E-state index contributed by atoms with van der Waals surface area (Å²) in [6.45, 7) is 0. The van der Waals surface area contributed by atoms with E-state index in [1.165, 1.54) is 0 Å². The third-order valence-corrected chi connectivity index (χ3v) is 3.82. The number of amides is 1. The van der Waals surface area contributed by atoms with Gasteiger partial charge in [-0.2, -0.15) is 11.8 Å². The van der Waals surface area contributed by atoms with Gasteiger partial charge in [0.2, 0.25) is 6.10 Å². The largest absolute Gasteiger partial charge is 0.477 e. The van der Waals surface area contributed by atoms with Crippen molar-refractivity contribution in [1.29, 1.82) is 0 Å². The van der Waals surface area contributed by atoms with Gasteiger partial charge in [-0.3, -0.25) is 4.79 Å². The van der Waals surface area contributed by atoms with Gasteiger partial charge in [-0.15, -0.1) is 0 Å². The van der Waals surface area contributed by atoms with Gasteiger partial charge in [0.05, 0.1) is 0 Å². The van der Waals surface area contributed by atoms with Crippen molar-refractivity contribution in [3.8, 4) is 0 Å². The van der Waals surface area contributed by atoms with Crippen LogP contribution in [0.2, 0.25) is 0 Å². The van der Waals surface area contributed by atoms with Crippen LogP contribution >= 0.6 is 11.8 Å². The molecule has 0 spiro atoms. The maximum Gasteiger partial charge on any atom is 0.353 e. The highest BCUT2D eigenvalue weighted by Crippen LogP contribution is 2.18. The molecular weight excluding hydrogens is 244 g/mol. The fourth-order valence-corrected chi connectivity index (χ4v) is 2.89. The number of hydrogen-bond donors (Lipinski definition) is 2. The Labute approximate surface area is 103 Å². The van der Waals surface area contributed by atoms with Crippen LogP contribution in [0.15, 0.2) is 5.16 Å². The van der Waals surface area contributed by atoms with Gasteiger partial charge in [0, 0.05) is 12.5 Å². The van der Waals surface area contributed by atoms with Crippen molar-refractivity contribution in [3.63, 3.8) is 0 Å². The normalized spacial score (nSPS) is 24.9. The quantitative estimate of drug-likeness (QED) is 0.756. The average molecular weight is 258 g/mol. The molecule has 0 bridgehead atoms. The van der Waals surface area contributed by atoms with Gasteiger partial charge in [0.15, 0.2) is 5.71 Å². The Bertz CT molecular complexity index is 352. The maximum absolute atomic E-state index is 11.8. The molecule has 0 aliphatic carbocycles. The van der Waals surface area contributed by atoms with E-state index >= 15 is 0 Å². The Hall–Kier alpha value is -1.24. The fraction of sp³-hybridized carbons (Fsp3) is 0.700. The van der Waals surface area contributed by atoms with E-state index in [1.807, 2.05) is 11.8 Å². The number of aliphatic carboxylic acids is 1. The van der Waals surface area contributed by atoms with E-state index in [4.69, 9.17) is 9.94 Å². The molecule has 0 aromatic heterocycles. The Morgan fingerprint density at radius 1 is 1.41 bits per heavy atom. The third kappa shape index (κ3) is 3.12. The van der Waals surface area contributed by atoms with Crippen LogP contribution < -0.4 is 5.32 Å². The molecule has 2 rings (SSSR count).